The standard InChI is InChI=1S/C13H13NO6/c1-9(15)11(12(16)17)14-20-8-7-19-13(18)10-5-3-2-4-6-10/h2-6H,7-8H2,1H3,(H,16,17)/p-1. The predicted octanol–water partition coefficient (Wildman–Crippen LogP) is -0.445. The van der Waals surface area contributed by atoms with Crippen molar-refractivity contribution in [1.29, 1.82) is 0 Å². The highest BCUT2D eigenvalue weighted by atomic mass is 16.6. The summed E-state index contributed by atoms with van der Waals surface area (Å²) in [7, 11) is 0. The number of esters is 1. The number of benzene rings is 1. The molecule has 0 radical (unpaired) electrons. The Kier molecular flexibility index (Phi) is 5.89. The van der Waals surface area contributed by atoms with E-state index in [-0.39, 0.29) is 13.2 Å². The van der Waals surface area contributed by atoms with E-state index >= 15 is 0 Å². The van der Waals surface area contributed by atoms with Gasteiger partial charge in [0.2, 0.25) is 0 Å². The molecule has 0 spiro atoms. The molecule has 106 valence electrons. The molecule has 0 unspecified atom stereocenters. The first-order valence-electron chi connectivity index (χ1n) is 5.66. The molecule has 20 heavy (non-hydrogen) atoms. The van der Waals surface area contributed by atoms with Gasteiger partial charge in [-0.1, -0.05) is 23.4 Å². The lowest BCUT2D eigenvalue weighted by molar-refractivity contribution is -0.294. The number of Topliss-reactive ketones (excluding diaryl/α,β-unsaturated/α-hetero) is 1. The molecule has 0 saturated heterocycles. The largest absolute Gasteiger partial charge is 0.543 e. The average molecular weight is 278 g/mol. The predicted molar refractivity (Wildman–Crippen MR) is 65.8 cm³/mol. The molecular weight excluding hydrogens is 266 g/mol. The Morgan fingerprint density at radius 3 is 2.35 bits per heavy atom. The Morgan fingerprint density at radius 1 is 1.15 bits per heavy atom. The van der Waals surface area contributed by atoms with Gasteiger partial charge in [-0.05, 0) is 12.1 Å². The first-order chi connectivity index (χ1) is 9.52. The number of carbonyl (C=O) groups excluding carboxylic acids is 3. The fourth-order valence-corrected chi connectivity index (χ4v) is 1.18. The number of ketones is 1. The number of hydrogen-bond acceptors (Lipinski definition) is 7. The van der Waals surface area contributed by atoms with Crippen LogP contribution in [0, 0.1) is 0 Å². The Balaban J connectivity index is 2.35. The van der Waals surface area contributed by atoms with Crippen molar-refractivity contribution in [3.63, 3.8) is 0 Å². The number of carboxylic acid groups (broad SMARTS) is 1. The summed E-state index contributed by atoms with van der Waals surface area (Å²) in [6, 6.07) is 8.32. The molecular formula is C13H12NO6-. The topological polar surface area (TPSA) is 105 Å². The van der Waals surface area contributed by atoms with Crippen molar-refractivity contribution in [3.8, 4) is 0 Å². The SMILES string of the molecule is CC(=O)C(=NOCCOC(=O)c1ccccc1)C(=O)[O-]. The number of carboxylic acids is 1. The zero-order valence-electron chi connectivity index (χ0n) is 10.7. The minimum absolute atomic E-state index is 0.130. The van der Waals surface area contributed by atoms with E-state index in [1.165, 1.54) is 0 Å². The normalized spacial score (nSPS) is 10.8. The van der Waals surface area contributed by atoms with E-state index in [1.807, 2.05) is 0 Å². The third-order valence-corrected chi connectivity index (χ3v) is 2.10. The molecule has 1 aromatic carbocycles. The van der Waals surface area contributed by atoms with Crippen molar-refractivity contribution in [2.24, 2.45) is 5.16 Å². The molecule has 0 saturated carbocycles. The van der Waals surface area contributed by atoms with Crippen LogP contribution >= 0.6 is 0 Å². The van der Waals surface area contributed by atoms with E-state index < -0.39 is 23.4 Å². The van der Waals surface area contributed by atoms with Gasteiger partial charge in [-0.25, -0.2) is 4.79 Å². The van der Waals surface area contributed by atoms with Crippen LogP contribution in [0.15, 0.2) is 35.5 Å². The van der Waals surface area contributed by atoms with Crippen molar-refractivity contribution in [2.75, 3.05) is 13.2 Å². The van der Waals surface area contributed by atoms with Gasteiger partial charge in [-0.15, -0.1) is 0 Å². The number of oxime groups is 1. The smallest absolute Gasteiger partial charge is 0.338 e. The minimum atomic E-state index is -1.72. The number of nitrogens with zero attached hydrogens (tertiary/aromatic N) is 1. The molecule has 0 aromatic heterocycles. The molecule has 1 aromatic rings. The van der Waals surface area contributed by atoms with Gasteiger partial charge in [0.1, 0.15) is 6.61 Å². The molecule has 0 atom stereocenters. The van der Waals surface area contributed by atoms with E-state index in [0.717, 1.165) is 6.92 Å². The second-order valence-corrected chi connectivity index (χ2v) is 3.62. The number of aliphatic carboxylic acids is 1. The van der Waals surface area contributed by atoms with Crippen molar-refractivity contribution >= 4 is 23.4 Å². The highest BCUT2D eigenvalue weighted by Crippen LogP contribution is 2.00. The Labute approximate surface area is 114 Å². The number of hydrogen-bond donors (Lipinski definition) is 0. The van der Waals surface area contributed by atoms with Crippen LogP contribution in [0.1, 0.15) is 17.3 Å². The summed E-state index contributed by atoms with van der Waals surface area (Å²) < 4.78 is 4.85. The fraction of sp³-hybridized carbons (Fsp3) is 0.231. The maximum absolute atomic E-state index is 11.5. The van der Waals surface area contributed by atoms with Crippen LogP contribution in [0.2, 0.25) is 0 Å². The molecule has 0 amide bonds. The zero-order chi connectivity index (χ0) is 15.0. The van der Waals surface area contributed by atoms with Gasteiger partial charge < -0.3 is 19.5 Å². The number of carbonyl (C=O) groups is 3. The van der Waals surface area contributed by atoms with E-state index in [0.29, 0.717) is 5.56 Å². The number of rotatable bonds is 7. The van der Waals surface area contributed by atoms with E-state index in [9.17, 15) is 19.5 Å². The molecule has 7 nitrogen and oxygen atoms in total. The summed E-state index contributed by atoms with van der Waals surface area (Å²) in [5.74, 6) is -3.05. The van der Waals surface area contributed by atoms with Crippen molar-refractivity contribution in [1.82, 2.24) is 0 Å². The lowest BCUT2D eigenvalue weighted by Crippen LogP contribution is -2.36. The van der Waals surface area contributed by atoms with Crippen molar-refractivity contribution < 1.29 is 29.1 Å². The summed E-state index contributed by atoms with van der Waals surface area (Å²) in [6.45, 7) is 0.714. The van der Waals surface area contributed by atoms with Crippen LogP contribution in [0.4, 0.5) is 0 Å². The van der Waals surface area contributed by atoms with Gasteiger partial charge in [-0.3, -0.25) is 4.79 Å². The maximum Gasteiger partial charge on any atom is 0.338 e. The Bertz CT molecular complexity index is 507. The van der Waals surface area contributed by atoms with Gasteiger partial charge in [0.25, 0.3) is 0 Å². The lowest BCUT2D eigenvalue weighted by atomic mass is 10.2. The molecule has 0 aliphatic rings. The second kappa shape index (κ2) is 7.67. The highest BCUT2D eigenvalue weighted by Gasteiger charge is 2.08. The Morgan fingerprint density at radius 2 is 1.80 bits per heavy atom. The van der Waals surface area contributed by atoms with Gasteiger partial charge in [-0.2, -0.15) is 0 Å². The molecule has 1 rings (SSSR count). The third-order valence-electron chi connectivity index (χ3n) is 2.10. The molecule has 0 heterocycles. The molecule has 0 aliphatic carbocycles. The maximum atomic E-state index is 11.5. The Hall–Kier alpha value is -2.70. The van der Waals surface area contributed by atoms with Gasteiger partial charge in [0.05, 0.1) is 11.5 Å². The van der Waals surface area contributed by atoms with Gasteiger partial charge >= 0.3 is 5.97 Å². The molecule has 0 aliphatic heterocycles. The minimum Gasteiger partial charge on any atom is -0.543 e. The van der Waals surface area contributed by atoms with Crippen molar-refractivity contribution in [2.45, 2.75) is 6.92 Å². The summed E-state index contributed by atoms with van der Waals surface area (Å²) in [5.41, 5.74) is -0.436. The first-order valence-corrected chi connectivity index (χ1v) is 5.66. The lowest BCUT2D eigenvalue weighted by Gasteiger charge is -2.05. The quantitative estimate of drug-likeness (QED) is 0.220. The van der Waals surface area contributed by atoms with Crippen LogP contribution < -0.4 is 5.11 Å². The molecule has 0 fully saturated rings. The molecule has 0 N–H and O–H groups in total. The molecule has 0 bridgehead atoms. The first kappa shape index (κ1) is 15.4. The van der Waals surface area contributed by atoms with E-state index in [1.54, 1.807) is 30.3 Å². The van der Waals surface area contributed by atoms with Crippen LogP contribution in [0.3, 0.4) is 0 Å². The average Bonchev–Trinajstić information content (AvgIpc) is 2.42. The van der Waals surface area contributed by atoms with Gasteiger partial charge in [0, 0.05) is 6.92 Å². The summed E-state index contributed by atoms with van der Waals surface area (Å²) >= 11 is 0. The third kappa shape index (κ3) is 4.89. The fourth-order valence-electron chi connectivity index (χ4n) is 1.18. The summed E-state index contributed by atoms with van der Waals surface area (Å²) in [5, 5.41) is 13.6. The molecule has 7 heteroatoms. The van der Waals surface area contributed by atoms with Crippen LogP contribution in [0.5, 0.6) is 0 Å². The highest BCUT2D eigenvalue weighted by molar-refractivity contribution is 6.62. The second-order valence-electron chi connectivity index (χ2n) is 3.62. The van der Waals surface area contributed by atoms with Crippen LogP contribution in [-0.4, -0.2) is 36.6 Å². The monoisotopic (exact) mass is 278 g/mol. The van der Waals surface area contributed by atoms with E-state index in [2.05, 4.69) is 9.99 Å². The van der Waals surface area contributed by atoms with Crippen LogP contribution in [-0.2, 0) is 19.2 Å². The number of ether oxygens (including phenoxy) is 1. The van der Waals surface area contributed by atoms with Crippen molar-refractivity contribution in [3.05, 3.63) is 35.9 Å². The van der Waals surface area contributed by atoms with Crippen LogP contribution in [0.25, 0.3) is 0 Å². The van der Waals surface area contributed by atoms with E-state index in [4.69, 9.17) is 4.74 Å². The summed E-state index contributed by atoms with van der Waals surface area (Å²) in [4.78, 5) is 37.4. The summed E-state index contributed by atoms with van der Waals surface area (Å²) in [6.07, 6.45) is 0. The van der Waals surface area contributed by atoms with Gasteiger partial charge in [0.15, 0.2) is 18.1 Å². The zero-order valence-corrected chi connectivity index (χ0v) is 10.7.